The number of H-pyrrole nitrogens is 2. The summed E-state index contributed by atoms with van der Waals surface area (Å²) in [5.74, 6) is 2.20. The van der Waals surface area contributed by atoms with Gasteiger partial charge in [0.1, 0.15) is 29.3 Å². The van der Waals surface area contributed by atoms with Gasteiger partial charge < -0.3 is 19.4 Å². The fraction of sp³-hybridized carbons (Fsp3) is 0.200. The van der Waals surface area contributed by atoms with Crippen LogP contribution in [0.2, 0.25) is 0 Å². The Hall–Kier alpha value is -4.20. The normalized spacial score (nSPS) is 15.4. The van der Waals surface area contributed by atoms with E-state index >= 15 is 0 Å². The second-order valence-corrected chi connectivity index (χ2v) is 8.29. The summed E-state index contributed by atoms with van der Waals surface area (Å²) in [4.78, 5) is 32.7. The number of benzene rings is 2. The highest BCUT2D eigenvalue weighted by atomic mass is 16.5. The smallest absolute Gasteiger partial charge is 0.258 e. The Morgan fingerprint density at radius 3 is 2.94 bits per heavy atom. The van der Waals surface area contributed by atoms with Crippen LogP contribution in [-0.4, -0.2) is 38.6 Å². The topological polar surface area (TPSA) is 106 Å². The summed E-state index contributed by atoms with van der Waals surface area (Å²) >= 11 is 0. The lowest BCUT2D eigenvalue weighted by Gasteiger charge is -2.25. The zero-order valence-corrected chi connectivity index (χ0v) is 18.2. The van der Waals surface area contributed by atoms with Gasteiger partial charge in [0.2, 0.25) is 0 Å². The van der Waals surface area contributed by atoms with Gasteiger partial charge in [-0.2, -0.15) is 0 Å². The molecule has 164 valence electrons. The predicted octanol–water partition coefficient (Wildman–Crippen LogP) is 3.90. The first-order chi connectivity index (χ1) is 16.1. The van der Waals surface area contributed by atoms with Crippen LogP contribution in [0.4, 0.5) is 0 Å². The van der Waals surface area contributed by atoms with E-state index in [0.29, 0.717) is 29.8 Å². The van der Waals surface area contributed by atoms with Crippen LogP contribution in [0.5, 0.6) is 11.5 Å². The van der Waals surface area contributed by atoms with Gasteiger partial charge in [0.15, 0.2) is 0 Å². The third-order valence-electron chi connectivity index (χ3n) is 6.22. The lowest BCUT2D eigenvalue weighted by molar-refractivity contribution is 0.257. The standard InChI is InChI=1S/C25H21N5O3/c1-13-10-26-24-21(13)22(27-12-28-24)14-3-5-19-18(9-14)25(31)30-23(29-19)16-7-15-8-17(32-2)4-6-20(15)33-11-16/h3-6,8-10,12,16H,7,11H2,1-2H3,(H,26,27,28)(H,29,30,31). The van der Waals surface area contributed by atoms with Crippen LogP contribution in [0.3, 0.4) is 0 Å². The summed E-state index contributed by atoms with van der Waals surface area (Å²) in [6.07, 6.45) is 4.15. The number of hydrogen-bond donors (Lipinski definition) is 2. The highest BCUT2D eigenvalue weighted by Gasteiger charge is 2.24. The minimum atomic E-state index is -0.177. The van der Waals surface area contributed by atoms with Crippen LogP contribution in [0.15, 0.2) is 53.7 Å². The van der Waals surface area contributed by atoms with Crippen molar-refractivity contribution in [3.05, 3.63) is 76.2 Å². The van der Waals surface area contributed by atoms with Gasteiger partial charge in [0.05, 0.1) is 36.2 Å². The van der Waals surface area contributed by atoms with E-state index in [4.69, 9.17) is 14.5 Å². The van der Waals surface area contributed by atoms with Gasteiger partial charge >= 0.3 is 0 Å². The average Bonchev–Trinajstić information content (AvgIpc) is 3.24. The van der Waals surface area contributed by atoms with Crippen LogP contribution in [0, 0.1) is 6.92 Å². The average molecular weight is 439 g/mol. The van der Waals surface area contributed by atoms with Crippen molar-refractivity contribution in [1.29, 1.82) is 0 Å². The first kappa shape index (κ1) is 19.5. The third-order valence-corrected chi connectivity index (χ3v) is 6.22. The second-order valence-electron chi connectivity index (χ2n) is 8.29. The molecule has 0 amide bonds. The first-order valence-corrected chi connectivity index (χ1v) is 10.7. The van der Waals surface area contributed by atoms with E-state index < -0.39 is 0 Å². The third kappa shape index (κ3) is 3.22. The van der Waals surface area contributed by atoms with E-state index in [9.17, 15) is 4.79 Å². The molecule has 1 aliphatic heterocycles. The lowest BCUT2D eigenvalue weighted by Crippen LogP contribution is -2.24. The number of nitrogens with one attached hydrogen (secondary N) is 2. The van der Waals surface area contributed by atoms with Crippen LogP contribution in [-0.2, 0) is 6.42 Å². The zero-order chi connectivity index (χ0) is 22.5. The summed E-state index contributed by atoms with van der Waals surface area (Å²) in [7, 11) is 1.64. The lowest BCUT2D eigenvalue weighted by atomic mass is 9.95. The molecule has 8 heteroatoms. The Kier molecular flexibility index (Phi) is 4.39. The maximum Gasteiger partial charge on any atom is 0.258 e. The molecule has 3 aromatic heterocycles. The van der Waals surface area contributed by atoms with Crippen molar-refractivity contribution in [1.82, 2.24) is 24.9 Å². The van der Waals surface area contributed by atoms with E-state index in [1.165, 1.54) is 6.33 Å². The summed E-state index contributed by atoms with van der Waals surface area (Å²) in [6, 6.07) is 11.4. The Labute approximate surface area is 188 Å². The molecular formula is C25H21N5O3. The van der Waals surface area contributed by atoms with Gasteiger partial charge in [0.25, 0.3) is 5.56 Å². The van der Waals surface area contributed by atoms with E-state index in [0.717, 1.165) is 44.9 Å². The molecule has 5 aromatic rings. The van der Waals surface area contributed by atoms with Crippen molar-refractivity contribution in [2.45, 2.75) is 19.3 Å². The minimum Gasteiger partial charge on any atom is -0.497 e. The number of aromatic amines is 2. The molecule has 1 aliphatic rings. The van der Waals surface area contributed by atoms with Gasteiger partial charge in [-0.05, 0) is 54.8 Å². The first-order valence-electron chi connectivity index (χ1n) is 10.7. The fourth-order valence-electron chi connectivity index (χ4n) is 4.51. The van der Waals surface area contributed by atoms with Gasteiger partial charge in [-0.25, -0.2) is 15.0 Å². The summed E-state index contributed by atoms with van der Waals surface area (Å²) in [5.41, 5.74) is 4.97. The largest absolute Gasteiger partial charge is 0.497 e. The quantitative estimate of drug-likeness (QED) is 0.442. The number of aryl methyl sites for hydroxylation is 1. The van der Waals surface area contributed by atoms with Crippen molar-refractivity contribution >= 4 is 21.9 Å². The maximum atomic E-state index is 13.1. The maximum absolute atomic E-state index is 13.1. The van der Waals surface area contributed by atoms with Crippen LogP contribution >= 0.6 is 0 Å². The van der Waals surface area contributed by atoms with E-state index in [2.05, 4.69) is 19.9 Å². The molecule has 0 fully saturated rings. The van der Waals surface area contributed by atoms with Crippen molar-refractivity contribution in [2.75, 3.05) is 13.7 Å². The Morgan fingerprint density at radius 2 is 2.06 bits per heavy atom. The highest BCUT2D eigenvalue weighted by molar-refractivity contribution is 5.95. The highest BCUT2D eigenvalue weighted by Crippen LogP contribution is 2.34. The number of nitrogens with zero attached hydrogens (tertiary/aromatic N) is 3. The number of hydrogen-bond acceptors (Lipinski definition) is 6. The molecule has 0 spiro atoms. The summed E-state index contributed by atoms with van der Waals surface area (Å²) in [5, 5.41) is 1.47. The van der Waals surface area contributed by atoms with Crippen molar-refractivity contribution in [3.8, 4) is 22.8 Å². The monoisotopic (exact) mass is 439 g/mol. The van der Waals surface area contributed by atoms with Gasteiger partial charge in [-0.15, -0.1) is 0 Å². The molecule has 0 aliphatic carbocycles. The van der Waals surface area contributed by atoms with Gasteiger partial charge in [0, 0.05) is 17.1 Å². The summed E-state index contributed by atoms with van der Waals surface area (Å²) in [6.45, 7) is 2.46. The number of methoxy groups -OCH3 is 1. The van der Waals surface area contributed by atoms with E-state index in [-0.39, 0.29) is 11.5 Å². The molecule has 0 bridgehead atoms. The summed E-state index contributed by atoms with van der Waals surface area (Å²) < 4.78 is 11.3. The molecular weight excluding hydrogens is 418 g/mol. The van der Waals surface area contributed by atoms with Gasteiger partial charge in [-0.1, -0.05) is 6.07 Å². The molecule has 1 atom stereocenters. The Morgan fingerprint density at radius 1 is 1.15 bits per heavy atom. The minimum absolute atomic E-state index is 0.0506. The van der Waals surface area contributed by atoms with Crippen molar-refractivity contribution < 1.29 is 9.47 Å². The molecule has 6 rings (SSSR count). The molecule has 0 radical (unpaired) electrons. The van der Waals surface area contributed by atoms with Crippen molar-refractivity contribution in [2.24, 2.45) is 0 Å². The van der Waals surface area contributed by atoms with E-state index in [1.54, 1.807) is 7.11 Å². The van der Waals surface area contributed by atoms with Crippen LogP contribution in [0.1, 0.15) is 22.9 Å². The SMILES string of the molecule is COc1ccc2c(c1)CC(c1nc3ccc(-c4ncnc5[nH]cc(C)c45)cc3c(=O)[nH]1)CO2. The molecule has 2 aromatic carbocycles. The Bertz CT molecular complexity index is 1590. The number of fused-ring (bicyclic) bond motifs is 3. The van der Waals surface area contributed by atoms with Gasteiger partial charge in [-0.3, -0.25) is 4.79 Å². The molecule has 8 nitrogen and oxygen atoms in total. The molecule has 2 N–H and O–H groups in total. The molecule has 1 unspecified atom stereocenters. The molecule has 0 saturated heterocycles. The Balaban J connectivity index is 1.39. The second kappa shape index (κ2) is 7.44. The number of ether oxygens (including phenoxy) is 2. The van der Waals surface area contributed by atoms with Crippen LogP contribution in [0.25, 0.3) is 33.2 Å². The number of aromatic nitrogens is 5. The molecule has 0 saturated carbocycles. The molecule has 33 heavy (non-hydrogen) atoms. The predicted molar refractivity (Wildman–Crippen MR) is 125 cm³/mol. The van der Waals surface area contributed by atoms with E-state index in [1.807, 2.05) is 49.5 Å². The van der Waals surface area contributed by atoms with Crippen LogP contribution < -0.4 is 15.0 Å². The van der Waals surface area contributed by atoms with Crippen molar-refractivity contribution in [3.63, 3.8) is 0 Å². The zero-order valence-electron chi connectivity index (χ0n) is 18.2. The molecule has 4 heterocycles. The number of rotatable bonds is 3. The fourth-order valence-corrected chi connectivity index (χ4v) is 4.51.